The quantitative estimate of drug-likeness (QED) is 0.745. The third-order valence-corrected chi connectivity index (χ3v) is 4.86. The second-order valence-electron chi connectivity index (χ2n) is 6.99. The molecule has 4 nitrogen and oxygen atoms in total. The molecule has 0 aliphatic heterocycles. The average Bonchev–Trinajstić information content (AvgIpc) is 2.63. The Kier molecular flexibility index (Phi) is 4.25. The zero-order valence-electron chi connectivity index (χ0n) is 15.0. The SMILES string of the molecule is Cc1ccc(Nc2ncc3c(n2)C[C@H](c2cccc(C)c2)CC3=O)cc1. The van der Waals surface area contributed by atoms with Crippen LogP contribution in [0.4, 0.5) is 11.6 Å². The standard InChI is InChI=1S/C22H21N3O/c1-14-6-8-18(9-7-14)24-22-23-13-19-20(25-22)11-17(12-21(19)26)16-5-3-4-15(2)10-16/h3-10,13,17H,11-12H2,1-2H3,(H,23,24,25)/t17-/m0/s1. The summed E-state index contributed by atoms with van der Waals surface area (Å²) in [6, 6.07) is 16.5. The highest BCUT2D eigenvalue weighted by atomic mass is 16.1. The van der Waals surface area contributed by atoms with Crippen LogP contribution in [-0.4, -0.2) is 15.8 Å². The number of nitrogens with zero attached hydrogens (tertiary/aromatic N) is 2. The van der Waals surface area contributed by atoms with Crippen LogP contribution in [0.1, 0.15) is 45.1 Å². The second-order valence-corrected chi connectivity index (χ2v) is 6.99. The number of hydrogen-bond acceptors (Lipinski definition) is 4. The number of aromatic nitrogens is 2. The molecule has 0 fully saturated rings. The van der Waals surface area contributed by atoms with Gasteiger partial charge in [-0.25, -0.2) is 9.97 Å². The topological polar surface area (TPSA) is 54.9 Å². The van der Waals surface area contributed by atoms with Crippen molar-refractivity contribution in [3.63, 3.8) is 0 Å². The predicted molar refractivity (Wildman–Crippen MR) is 103 cm³/mol. The molecule has 0 radical (unpaired) electrons. The van der Waals surface area contributed by atoms with E-state index in [-0.39, 0.29) is 11.7 Å². The summed E-state index contributed by atoms with van der Waals surface area (Å²) >= 11 is 0. The number of nitrogens with one attached hydrogen (secondary N) is 1. The fourth-order valence-electron chi connectivity index (χ4n) is 3.43. The minimum absolute atomic E-state index is 0.125. The van der Waals surface area contributed by atoms with E-state index in [2.05, 4.69) is 53.4 Å². The van der Waals surface area contributed by atoms with Crippen molar-refractivity contribution in [1.29, 1.82) is 0 Å². The molecule has 1 aromatic heterocycles. The van der Waals surface area contributed by atoms with E-state index in [0.29, 0.717) is 17.9 Å². The maximum Gasteiger partial charge on any atom is 0.227 e. The van der Waals surface area contributed by atoms with Crippen LogP contribution in [0.15, 0.2) is 54.7 Å². The Balaban J connectivity index is 1.61. The van der Waals surface area contributed by atoms with Gasteiger partial charge in [-0.3, -0.25) is 4.79 Å². The molecule has 1 aliphatic carbocycles. The summed E-state index contributed by atoms with van der Waals surface area (Å²) in [7, 11) is 0. The van der Waals surface area contributed by atoms with E-state index in [1.807, 2.05) is 24.3 Å². The van der Waals surface area contributed by atoms with Crippen LogP contribution < -0.4 is 5.32 Å². The van der Waals surface area contributed by atoms with E-state index in [1.54, 1.807) is 6.20 Å². The molecule has 4 heteroatoms. The van der Waals surface area contributed by atoms with Crippen LogP contribution >= 0.6 is 0 Å². The number of carbonyl (C=O) groups excluding carboxylic acids is 1. The largest absolute Gasteiger partial charge is 0.324 e. The zero-order chi connectivity index (χ0) is 18.1. The Bertz CT molecular complexity index is 963. The van der Waals surface area contributed by atoms with Crippen molar-refractivity contribution < 1.29 is 4.79 Å². The Morgan fingerprint density at radius 1 is 1.00 bits per heavy atom. The molecule has 0 saturated heterocycles. The summed E-state index contributed by atoms with van der Waals surface area (Å²) < 4.78 is 0. The van der Waals surface area contributed by atoms with Crippen LogP contribution in [0.5, 0.6) is 0 Å². The first-order valence-electron chi connectivity index (χ1n) is 8.88. The van der Waals surface area contributed by atoms with E-state index in [9.17, 15) is 4.79 Å². The van der Waals surface area contributed by atoms with Gasteiger partial charge in [0.1, 0.15) is 0 Å². The highest BCUT2D eigenvalue weighted by Gasteiger charge is 2.28. The fraction of sp³-hybridized carbons (Fsp3) is 0.227. The molecule has 0 unspecified atom stereocenters. The maximum atomic E-state index is 12.6. The Hall–Kier alpha value is -3.01. The lowest BCUT2D eigenvalue weighted by Gasteiger charge is -2.23. The van der Waals surface area contributed by atoms with Gasteiger partial charge < -0.3 is 5.32 Å². The van der Waals surface area contributed by atoms with Crippen molar-refractivity contribution in [2.24, 2.45) is 0 Å². The van der Waals surface area contributed by atoms with Crippen molar-refractivity contribution in [3.8, 4) is 0 Å². The molecule has 26 heavy (non-hydrogen) atoms. The number of aryl methyl sites for hydroxylation is 2. The first-order valence-corrected chi connectivity index (χ1v) is 8.88. The highest BCUT2D eigenvalue weighted by Crippen LogP contribution is 2.32. The summed E-state index contributed by atoms with van der Waals surface area (Å²) in [4.78, 5) is 21.5. The number of Topliss-reactive ketones (excluding diaryl/α,β-unsaturated/α-hetero) is 1. The normalized spacial score (nSPS) is 16.2. The Morgan fingerprint density at radius 3 is 2.58 bits per heavy atom. The highest BCUT2D eigenvalue weighted by molar-refractivity contribution is 5.98. The minimum Gasteiger partial charge on any atom is -0.324 e. The van der Waals surface area contributed by atoms with Crippen molar-refractivity contribution in [2.75, 3.05) is 5.32 Å². The van der Waals surface area contributed by atoms with Crippen LogP contribution in [0.3, 0.4) is 0 Å². The van der Waals surface area contributed by atoms with Gasteiger partial charge in [-0.1, -0.05) is 47.5 Å². The number of anilines is 2. The molecular weight excluding hydrogens is 322 g/mol. The maximum absolute atomic E-state index is 12.6. The van der Waals surface area contributed by atoms with Gasteiger partial charge in [0.05, 0.1) is 11.3 Å². The molecule has 3 aromatic rings. The van der Waals surface area contributed by atoms with Gasteiger partial charge in [-0.2, -0.15) is 0 Å². The molecule has 0 amide bonds. The Labute approximate surface area is 153 Å². The smallest absolute Gasteiger partial charge is 0.227 e. The minimum atomic E-state index is 0.125. The molecule has 1 aliphatic rings. The second kappa shape index (κ2) is 6.71. The van der Waals surface area contributed by atoms with Gasteiger partial charge >= 0.3 is 0 Å². The van der Waals surface area contributed by atoms with Crippen molar-refractivity contribution in [3.05, 3.63) is 82.7 Å². The van der Waals surface area contributed by atoms with Gasteiger partial charge in [-0.15, -0.1) is 0 Å². The van der Waals surface area contributed by atoms with E-state index in [0.717, 1.165) is 17.8 Å². The number of carbonyl (C=O) groups is 1. The molecule has 1 heterocycles. The lowest BCUT2D eigenvalue weighted by molar-refractivity contribution is 0.0962. The van der Waals surface area contributed by atoms with E-state index < -0.39 is 0 Å². The fourth-order valence-corrected chi connectivity index (χ4v) is 3.43. The van der Waals surface area contributed by atoms with Gasteiger partial charge in [0.25, 0.3) is 0 Å². The number of rotatable bonds is 3. The summed E-state index contributed by atoms with van der Waals surface area (Å²) in [5.74, 6) is 0.835. The van der Waals surface area contributed by atoms with Crippen LogP contribution in [-0.2, 0) is 6.42 Å². The van der Waals surface area contributed by atoms with Gasteiger partial charge in [0, 0.05) is 18.3 Å². The van der Waals surface area contributed by atoms with E-state index in [4.69, 9.17) is 0 Å². The molecule has 130 valence electrons. The molecule has 0 bridgehead atoms. The lowest BCUT2D eigenvalue weighted by atomic mass is 9.82. The molecule has 1 atom stereocenters. The predicted octanol–water partition coefficient (Wildman–Crippen LogP) is 4.75. The number of ketones is 1. The van der Waals surface area contributed by atoms with Crippen LogP contribution in [0.25, 0.3) is 0 Å². The summed E-state index contributed by atoms with van der Waals surface area (Å²) in [6.45, 7) is 4.13. The van der Waals surface area contributed by atoms with Crippen molar-refractivity contribution in [2.45, 2.75) is 32.6 Å². The van der Waals surface area contributed by atoms with Crippen LogP contribution in [0, 0.1) is 13.8 Å². The number of hydrogen-bond donors (Lipinski definition) is 1. The first-order chi connectivity index (χ1) is 12.6. The van der Waals surface area contributed by atoms with E-state index in [1.165, 1.54) is 16.7 Å². The van der Waals surface area contributed by atoms with Crippen molar-refractivity contribution >= 4 is 17.4 Å². The summed E-state index contributed by atoms with van der Waals surface area (Å²) in [6.07, 6.45) is 2.94. The third-order valence-electron chi connectivity index (χ3n) is 4.86. The average molecular weight is 343 g/mol. The third kappa shape index (κ3) is 3.36. The zero-order valence-corrected chi connectivity index (χ0v) is 15.0. The monoisotopic (exact) mass is 343 g/mol. The molecule has 2 aromatic carbocycles. The number of benzene rings is 2. The first kappa shape index (κ1) is 16.5. The van der Waals surface area contributed by atoms with E-state index >= 15 is 0 Å². The van der Waals surface area contributed by atoms with Gasteiger partial charge in [0.15, 0.2) is 5.78 Å². The molecule has 1 N–H and O–H groups in total. The Morgan fingerprint density at radius 2 is 1.81 bits per heavy atom. The van der Waals surface area contributed by atoms with Gasteiger partial charge in [0.2, 0.25) is 5.95 Å². The molecule has 4 rings (SSSR count). The molecule has 0 saturated carbocycles. The lowest BCUT2D eigenvalue weighted by Crippen LogP contribution is -2.21. The summed E-state index contributed by atoms with van der Waals surface area (Å²) in [5.41, 5.74) is 6.04. The molecule has 0 spiro atoms. The number of fused-ring (bicyclic) bond motifs is 1. The summed E-state index contributed by atoms with van der Waals surface area (Å²) in [5, 5.41) is 3.23. The van der Waals surface area contributed by atoms with Crippen LogP contribution in [0.2, 0.25) is 0 Å². The molecular formula is C22H21N3O. The van der Waals surface area contributed by atoms with Crippen molar-refractivity contribution in [1.82, 2.24) is 9.97 Å². The van der Waals surface area contributed by atoms with Gasteiger partial charge in [-0.05, 0) is 43.9 Å².